The monoisotopic (exact) mass is 974 g/mol. The third-order valence-electron chi connectivity index (χ3n) is 12.8. The Morgan fingerprint density at radius 3 is 2.20 bits per heavy atom. The van der Waals surface area contributed by atoms with Crippen molar-refractivity contribution in [3.05, 3.63) is 106 Å². The van der Waals surface area contributed by atoms with Crippen LogP contribution in [0, 0.1) is 0 Å². The second-order valence-electron chi connectivity index (χ2n) is 18.2. The van der Waals surface area contributed by atoms with Gasteiger partial charge in [-0.1, -0.05) is 87.9 Å². The van der Waals surface area contributed by atoms with E-state index in [0.717, 1.165) is 32.5 Å². The third-order valence-corrected chi connectivity index (χ3v) is 13.9. The number of fused-ring (bicyclic) bond motifs is 6. The van der Waals surface area contributed by atoms with Gasteiger partial charge in [0.05, 0.1) is 4.88 Å². The number of aromatic hydroxyl groups is 2. The van der Waals surface area contributed by atoms with Gasteiger partial charge in [0.25, 0.3) is 5.91 Å². The summed E-state index contributed by atoms with van der Waals surface area (Å²) in [5, 5.41) is 43.5. The molecule has 0 radical (unpaired) electrons. The zero-order chi connectivity index (χ0) is 50.3. The number of nitrogens with zero attached hydrogens (tertiary/aromatic N) is 1. The summed E-state index contributed by atoms with van der Waals surface area (Å²) < 4.78 is 0.951. The number of thiophene rings is 1. The first-order valence-corrected chi connectivity index (χ1v) is 25.1. The van der Waals surface area contributed by atoms with Crippen LogP contribution in [0.2, 0.25) is 0 Å². The van der Waals surface area contributed by atoms with Crippen molar-refractivity contribution in [2.75, 3.05) is 20.1 Å². The SMILES string of the molecule is CCCCCCCCCc1ccc(-c2ccc3sc(C(=O)NCCC(=O)N[C@@H](CCCCN)C(=O)N(C)[C@@H]4C(=O)N[C@@H](C)C(=O)N[C@H](C(=O)O)Cc5ccc(O)c(c5)-c5cc4ccc5O)cc3c2)cc1. The van der Waals surface area contributed by atoms with E-state index in [1.54, 1.807) is 0 Å². The number of unbranched alkanes of at least 4 members (excludes halogenated alkanes) is 7. The van der Waals surface area contributed by atoms with E-state index in [2.05, 4.69) is 64.6 Å². The Bertz CT molecular complexity index is 2650. The molecule has 70 heavy (non-hydrogen) atoms. The second kappa shape index (κ2) is 25.2. The van der Waals surface area contributed by atoms with Crippen LogP contribution in [-0.2, 0) is 36.8 Å². The summed E-state index contributed by atoms with van der Waals surface area (Å²) in [6, 6.07) is 19.9. The number of rotatable bonds is 21. The number of aliphatic carboxylic acids is 1. The van der Waals surface area contributed by atoms with Gasteiger partial charge in [-0.3, -0.25) is 24.0 Å². The van der Waals surface area contributed by atoms with Gasteiger partial charge in [-0.2, -0.15) is 0 Å². The van der Waals surface area contributed by atoms with E-state index >= 15 is 0 Å². The van der Waals surface area contributed by atoms with Crippen LogP contribution in [0.15, 0.2) is 84.9 Å². The lowest BCUT2D eigenvalue weighted by atomic mass is 9.93. The minimum Gasteiger partial charge on any atom is -0.507 e. The number of amides is 5. The first kappa shape index (κ1) is 52.6. The minimum atomic E-state index is -1.44. The molecule has 6 rings (SSSR count). The molecular formula is C54H66N6O9S. The number of nitrogens with one attached hydrogen (secondary N) is 4. The highest BCUT2D eigenvalue weighted by molar-refractivity contribution is 7.20. The fraction of sp³-hybridized carbons (Fsp3) is 0.407. The van der Waals surface area contributed by atoms with Crippen molar-refractivity contribution < 1.29 is 44.1 Å². The molecule has 0 saturated heterocycles. The van der Waals surface area contributed by atoms with E-state index in [4.69, 9.17) is 5.73 Å². The molecule has 1 aliphatic rings. The van der Waals surface area contributed by atoms with E-state index in [0.29, 0.717) is 29.8 Å². The maximum atomic E-state index is 14.5. The second-order valence-corrected chi connectivity index (χ2v) is 19.2. The molecule has 0 saturated carbocycles. The summed E-state index contributed by atoms with van der Waals surface area (Å²) in [6.45, 7) is 3.93. The van der Waals surface area contributed by atoms with Gasteiger partial charge in [0.15, 0.2) is 0 Å². The summed E-state index contributed by atoms with van der Waals surface area (Å²) >= 11 is 1.35. The number of phenols is 2. The van der Waals surface area contributed by atoms with Gasteiger partial charge in [-0.15, -0.1) is 11.3 Å². The molecule has 4 aromatic carbocycles. The number of aryl methyl sites for hydroxylation is 1. The molecule has 4 atom stereocenters. The molecular weight excluding hydrogens is 909 g/mol. The zero-order valence-electron chi connectivity index (χ0n) is 40.2. The van der Waals surface area contributed by atoms with E-state index in [9.17, 15) is 44.1 Å². The van der Waals surface area contributed by atoms with E-state index in [1.165, 1.54) is 112 Å². The Labute approximate surface area is 413 Å². The van der Waals surface area contributed by atoms with Crippen LogP contribution in [0.3, 0.4) is 0 Å². The molecule has 4 bridgehead atoms. The summed E-state index contributed by atoms with van der Waals surface area (Å²) in [6.07, 6.45) is 10.9. The molecule has 0 spiro atoms. The number of carbonyl (C=O) groups excluding carboxylic acids is 5. The standard InChI is InChI=1S/C54H66N6O9S/c1-4-5-6-7-8-9-10-13-34-15-18-36(19-16-34)37-21-24-46-39(30-37)32-47(70-46)51(65)56-27-25-48(63)58-42(14-11-12-26-55)53(67)60(3)49-38-20-23-45(62)41(31-38)40-28-35(17-22-44(40)61)29-43(54(68)69)59-50(64)33(2)57-52(49)66/h15-24,28,30-33,42-43,49,61-62H,4-14,25-27,29,55H2,1-3H3,(H,56,65)(H,57,66)(H,58,63)(H,59,64)(H,68,69)/t33-,42-,43-,49-/m0/s1. The van der Waals surface area contributed by atoms with Gasteiger partial charge >= 0.3 is 5.97 Å². The maximum absolute atomic E-state index is 14.5. The smallest absolute Gasteiger partial charge is 0.326 e. The van der Waals surface area contributed by atoms with Gasteiger partial charge < -0.3 is 47.2 Å². The first-order valence-electron chi connectivity index (χ1n) is 24.3. The Morgan fingerprint density at radius 1 is 0.800 bits per heavy atom. The molecule has 0 unspecified atom stereocenters. The number of hydrogen-bond acceptors (Lipinski definition) is 10. The number of carboxylic acids is 1. The Balaban J connectivity index is 1.12. The van der Waals surface area contributed by atoms with Crippen molar-refractivity contribution in [1.82, 2.24) is 26.2 Å². The van der Waals surface area contributed by atoms with Gasteiger partial charge in [0.2, 0.25) is 23.6 Å². The van der Waals surface area contributed by atoms with E-state index in [1.807, 2.05) is 12.1 Å². The van der Waals surface area contributed by atoms with Gasteiger partial charge in [0.1, 0.15) is 35.7 Å². The van der Waals surface area contributed by atoms with E-state index in [-0.39, 0.29) is 59.9 Å². The lowest BCUT2D eigenvalue weighted by Crippen LogP contribution is -2.54. The number of nitrogens with two attached hydrogens (primary N) is 1. The van der Waals surface area contributed by atoms with Crippen molar-refractivity contribution >= 4 is 56.9 Å². The largest absolute Gasteiger partial charge is 0.507 e. The van der Waals surface area contributed by atoms with Gasteiger partial charge in [-0.05, 0) is 121 Å². The number of carboxylic acid groups (broad SMARTS) is 1. The number of carbonyl (C=O) groups is 6. The molecule has 1 aliphatic heterocycles. The van der Waals surface area contributed by atoms with Crippen LogP contribution in [0.25, 0.3) is 32.3 Å². The minimum absolute atomic E-state index is 0.0209. The fourth-order valence-electron chi connectivity index (χ4n) is 8.76. The molecule has 5 amide bonds. The average Bonchev–Trinajstić information content (AvgIpc) is 3.78. The average molecular weight is 975 g/mol. The van der Waals surface area contributed by atoms with Crippen LogP contribution in [0.4, 0.5) is 0 Å². The van der Waals surface area contributed by atoms with Crippen LogP contribution < -0.4 is 27.0 Å². The predicted octanol–water partition coefficient (Wildman–Crippen LogP) is 7.50. The molecule has 9 N–H and O–H groups in total. The number of phenolic OH excluding ortho intramolecular Hbond substituents is 2. The van der Waals surface area contributed by atoms with Crippen molar-refractivity contribution in [3.63, 3.8) is 0 Å². The van der Waals surface area contributed by atoms with Crippen molar-refractivity contribution in [2.45, 2.75) is 121 Å². The predicted molar refractivity (Wildman–Crippen MR) is 272 cm³/mol. The van der Waals surface area contributed by atoms with Crippen LogP contribution in [-0.4, -0.2) is 94.0 Å². The molecule has 0 fully saturated rings. The summed E-state index contributed by atoms with van der Waals surface area (Å²) in [5.41, 5.74) is 10.1. The van der Waals surface area contributed by atoms with Gasteiger partial charge in [0, 0.05) is 42.3 Å². The van der Waals surface area contributed by atoms with Crippen LogP contribution in [0.1, 0.15) is 117 Å². The normalized spacial score (nSPS) is 16.4. The van der Waals surface area contributed by atoms with Crippen molar-refractivity contribution in [1.29, 1.82) is 0 Å². The summed E-state index contributed by atoms with van der Waals surface area (Å²) in [4.78, 5) is 82.7. The van der Waals surface area contributed by atoms with Gasteiger partial charge in [-0.25, -0.2) is 4.79 Å². The van der Waals surface area contributed by atoms with Crippen molar-refractivity contribution in [3.8, 4) is 33.8 Å². The first-order chi connectivity index (χ1) is 33.7. The molecule has 0 aliphatic carbocycles. The number of hydrogen-bond donors (Lipinski definition) is 8. The molecule has 372 valence electrons. The Kier molecular flexibility index (Phi) is 18.9. The van der Waals surface area contributed by atoms with E-state index < -0.39 is 53.8 Å². The molecule has 5 aromatic rings. The highest BCUT2D eigenvalue weighted by Gasteiger charge is 2.36. The van der Waals surface area contributed by atoms with Crippen LogP contribution >= 0.6 is 11.3 Å². The molecule has 15 nitrogen and oxygen atoms in total. The highest BCUT2D eigenvalue weighted by atomic mass is 32.1. The summed E-state index contributed by atoms with van der Waals surface area (Å²) in [5.74, 6) is -4.96. The van der Waals surface area contributed by atoms with Crippen LogP contribution in [0.5, 0.6) is 11.5 Å². The molecule has 16 heteroatoms. The molecule has 2 heterocycles. The number of benzene rings is 4. The lowest BCUT2D eigenvalue weighted by Gasteiger charge is -2.32. The molecule has 1 aromatic heterocycles. The zero-order valence-corrected chi connectivity index (χ0v) is 41.0. The summed E-state index contributed by atoms with van der Waals surface area (Å²) in [7, 11) is 1.37. The highest BCUT2D eigenvalue weighted by Crippen LogP contribution is 2.39. The quantitative estimate of drug-likeness (QED) is 0.0337. The maximum Gasteiger partial charge on any atom is 0.326 e. The third kappa shape index (κ3) is 13.9. The number of likely N-dealkylation sites (N-methyl/N-ethyl adjacent to an activating group) is 1. The topological polar surface area (TPSA) is 240 Å². The Hall–Kier alpha value is -6.78. The lowest BCUT2D eigenvalue weighted by molar-refractivity contribution is -0.144. The fourth-order valence-corrected chi connectivity index (χ4v) is 9.72. The Morgan fingerprint density at radius 2 is 1.49 bits per heavy atom. The van der Waals surface area contributed by atoms with Crippen molar-refractivity contribution in [2.24, 2.45) is 5.73 Å².